The molecule has 0 amide bonds. The molecule has 1 fully saturated rings. The van der Waals surface area contributed by atoms with Crippen LogP contribution in [0.5, 0.6) is 0 Å². The molecule has 1 aliphatic rings. The van der Waals surface area contributed by atoms with E-state index >= 15 is 0 Å². The standard InChI is InChI=1S/C9H14FN/c1-2-3-4-5-9(10)6-7-11-8-9/h1,11H,3-8H2. The molecule has 1 unspecified atom stereocenters. The molecular weight excluding hydrogens is 141 g/mol. The number of rotatable bonds is 3. The first-order valence-electron chi connectivity index (χ1n) is 4.10. The van der Waals surface area contributed by atoms with Gasteiger partial charge in [-0.2, -0.15) is 0 Å². The van der Waals surface area contributed by atoms with Crippen LogP contribution in [0.4, 0.5) is 4.39 Å². The summed E-state index contributed by atoms with van der Waals surface area (Å²) in [5.41, 5.74) is -0.961. The number of hydrogen-bond donors (Lipinski definition) is 1. The number of nitrogens with one attached hydrogen (secondary N) is 1. The molecule has 62 valence electrons. The predicted octanol–water partition coefficient (Wildman–Crippen LogP) is 1.49. The van der Waals surface area contributed by atoms with Gasteiger partial charge in [-0.1, -0.05) is 0 Å². The van der Waals surface area contributed by atoms with Crippen molar-refractivity contribution in [1.29, 1.82) is 0 Å². The van der Waals surface area contributed by atoms with Gasteiger partial charge in [-0.05, 0) is 25.8 Å². The van der Waals surface area contributed by atoms with Gasteiger partial charge in [0.2, 0.25) is 0 Å². The minimum atomic E-state index is -0.961. The Morgan fingerprint density at radius 2 is 2.45 bits per heavy atom. The zero-order chi connectivity index (χ0) is 8.16. The van der Waals surface area contributed by atoms with Gasteiger partial charge >= 0.3 is 0 Å². The molecule has 1 nitrogen and oxygen atoms in total. The van der Waals surface area contributed by atoms with Crippen molar-refractivity contribution < 1.29 is 4.39 Å². The highest BCUT2D eigenvalue weighted by molar-refractivity contribution is 4.90. The molecule has 0 spiro atoms. The summed E-state index contributed by atoms with van der Waals surface area (Å²) in [5, 5.41) is 3.01. The van der Waals surface area contributed by atoms with Crippen LogP contribution in [0.2, 0.25) is 0 Å². The summed E-state index contributed by atoms with van der Waals surface area (Å²) in [5.74, 6) is 2.52. The molecule has 0 aromatic carbocycles. The lowest BCUT2D eigenvalue weighted by atomic mass is 9.98. The number of terminal acetylenes is 1. The van der Waals surface area contributed by atoms with Gasteiger partial charge in [0.25, 0.3) is 0 Å². The van der Waals surface area contributed by atoms with E-state index in [1.165, 1.54) is 0 Å². The minimum Gasteiger partial charge on any atom is -0.313 e. The van der Waals surface area contributed by atoms with E-state index in [2.05, 4.69) is 11.2 Å². The van der Waals surface area contributed by atoms with Crippen molar-refractivity contribution in [3.8, 4) is 12.3 Å². The van der Waals surface area contributed by atoms with Gasteiger partial charge in [0.1, 0.15) is 5.67 Å². The van der Waals surface area contributed by atoms with Gasteiger partial charge in [0, 0.05) is 13.0 Å². The molecule has 1 heterocycles. The van der Waals surface area contributed by atoms with Gasteiger partial charge in [-0.25, -0.2) is 4.39 Å². The lowest BCUT2D eigenvalue weighted by Crippen LogP contribution is -2.25. The van der Waals surface area contributed by atoms with E-state index in [0.717, 1.165) is 13.0 Å². The summed E-state index contributed by atoms with van der Waals surface area (Å²) in [4.78, 5) is 0. The van der Waals surface area contributed by atoms with Gasteiger partial charge in [-0.3, -0.25) is 0 Å². The smallest absolute Gasteiger partial charge is 0.124 e. The first-order chi connectivity index (χ1) is 5.27. The molecule has 0 bridgehead atoms. The average Bonchev–Trinajstić information content (AvgIpc) is 2.38. The van der Waals surface area contributed by atoms with E-state index in [4.69, 9.17) is 6.42 Å². The van der Waals surface area contributed by atoms with Gasteiger partial charge < -0.3 is 5.32 Å². The van der Waals surface area contributed by atoms with E-state index in [0.29, 0.717) is 25.8 Å². The molecule has 0 aromatic rings. The summed E-state index contributed by atoms with van der Waals surface area (Å²) in [6.07, 6.45) is 7.85. The van der Waals surface area contributed by atoms with Crippen LogP contribution in [-0.2, 0) is 0 Å². The zero-order valence-corrected chi connectivity index (χ0v) is 6.70. The van der Waals surface area contributed by atoms with Crippen LogP contribution in [0.1, 0.15) is 25.7 Å². The predicted molar refractivity (Wildman–Crippen MR) is 44.0 cm³/mol. The number of halogens is 1. The molecule has 1 aliphatic heterocycles. The monoisotopic (exact) mass is 155 g/mol. The lowest BCUT2D eigenvalue weighted by Gasteiger charge is -2.16. The quantitative estimate of drug-likeness (QED) is 0.481. The van der Waals surface area contributed by atoms with Crippen LogP contribution in [-0.4, -0.2) is 18.8 Å². The highest BCUT2D eigenvalue weighted by Gasteiger charge is 2.32. The zero-order valence-electron chi connectivity index (χ0n) is 6.70. The second-order valence-corrected chi connectivity index (χ2v) is 3.14. The van der Waals surface area contributed by atoms with Crippen molar-refractivity contribution in [2.24, 2.45) is 0 Å². The first kappa shape index (κ1) is 8.55. The van der Waals surface area contributed by atoms with Crippen LogP contribution in [0, 0.1) is 12.3 Å². The third kappa shape index (κ3) is 2.51. The Hall–Kier alpha value is -0.550. The molecule has 0 aromatic heterocycles. The maximum atomic E-state index is 13.5. The molecule has 11 heavy (non-hydrogen) atoms. The van der Waals surface area contributed by atoms with Crippen LogP contribution >= 0.6 is 0 Å². The van der Waals surface area contributed by atoms with Crippen LogP contribution in [0.15, 0.2) is 0 Å². The highest BCUT2D eigenvalue weighted by Crippen LogP contribution is 2.25. The fourth-order valence-corrected chi connectivity index (χ4v) is 1.43. The third-order valence-electron chi connectivity index (χ3n) is 2.14. The van der Waals surface area contributed by atoms with Gasteiger partial charge in [0.05, 0.1) is 0 Å². The SMILES string of the molecule is C#CCCCC1(F)CCNC1. The van der Waals surface area contributed by atoms with Crippen LogP contribution < -0.4 is 5.32 Å². The molecule has 1 atom stereocenters. The van der Waals surface area contributed by atoms with E-state index in [1.54, 1.807) is 0 Å². The van der Waals surface area contributed by atoms with Crippen molar-refractivity contribution >= 4 is 0 Å². The molecule has 1 N–H and O–H groups in total. The molecule has 0 saturated carbocycles. The summed E-state index contributed by atoms with van der Waals surface area (Å²) in [7, 11) is 0. The summed E-state index contributed by atoms with van der Waals surface area (Å²) < 4.78 is 13.5. The maximum Gasteiger partial charge on any atom is 0.124 e. The molecule has 1 rings (SSSR count). The lowest BCUT2D eigenvalue weighted by molar-refractivity contribution is 0.173. The minimum absolute atomic E-state index is 0.511. The van der Waals surface area contributed by atoms with Crippen molar-refractivity contribution in [2.45, 2.75) is 31.4 Å². The summed E-state index contributed by atoms with van der Waals surface area (Å²) >= 11 is 0. The Kier molecular flexibility index (Phi) is 2.90. The second kappa shape index (κ2) is 3.73. The van der Waals surface area contributed by atoms with Gasteiger partial charge in [0.15, 0.2) is 0 Å². The second-order valence-electron chi connectivity index (χ2n) is 3.14. The first-order valence-corrected chi connectivity index (χ1v) is 4.10. The number of hydrogen-bond acceptors (Lipinski definition) is 1. The van der Waals surface area contributed by atoms with Crippen molar-refractivity contribution in [1.82, 2.24) is 5.32 Å². The highest BCUT2D eigenvalue weighted by atomic mass is 19.1. The largest absolute Gasteiger partial charge is 0.313 e. The fraction of sp³-hybridized carbons (Fsp3) is 0.778. The Morgan fingerprint density at radius 1 is 1.64 bits per heavy atom. The average molecular weight is 155 g/mol. The van der Waals surface area contributed by atoms with E-state index in [9.17, 15) is 4.39 Å². The number of unbranched alkanes of at least 4 members (excludes halogenated alkanes) is 1. The Morgan fingerprint density at radius 3 is 3.00 bits per heavy atom. The van der Waals surface area contributed by atoms with E-state index in [1.807, 2.05) is 0 Å². The maximum absolute atomic E-state index is 13.5. The number of alkyl halides is 1. The molecule has 2 heteroatoms. The summed E-state index contributed by atoms with van der Waals surface area (Å²) in [6.45, 7) is 1.32. The third-order valence-corrected chi connectivity index (χ3v) is 2.14. The normalized spacial score (nSPS) is 30.2. The van der Waals surface area contributed by atoms with Crippen molar-refractivity contribution in [3.05, 3.63) is 0 Å². The van der Waals surface area contributed by atoms with Crippen LogP contribution in [0.25, 0.3) is 0 Å². The Bertz CT molecular complexity index is 153. The van der Waals surface area contributed by atoms with E-state index < -0.39 is 5.67 Å². The molecule has 1 saturated heterocycles. The Balaban J connectivity index is 2.19. The molecule has 0 radical (unpaired) electrons. The van der Waals surface area contributed by atoms with E-state index in [-0.39, 0.29) is 0 Å². The fourth-order valence-electron chi connectivity index (χ4n) is 1.43. The topological polar surface area (TPSA) is 12.0 Å². The Labute approximate surface area is 67.4 Å². The van der Waals surface area contributed by atoms with Crippen LogP contribution in [0.3, 0.4) is 0 Å². The van der Waals surface area contributed by atoms with Gasteiger partial charge in [-0.15, -0.1) is 12.3 Å². The summed E-state index contributed by atoms with van der Waals surface area (Å²) in [6, 6.07) is 0. The van der Waals surface area contributed by atoms with Crippen molar-refractivity contribution in [2.75, 3.05) is 13.1 Å². The molecule has 0 aliphatic carbocycles. The molecular formula is C9H14FN. The van der Waals surface area contributed by atoms with Crippen molar-refractivity contribution in [3.63, 3.8) is 0 Å².